The van der Waals surface area contributed by atoms with Gasteiger partial charge in [0.15, 0.2) is 9.84 Å². The van der Waals surface area contributed by atoms with Gasteiger partial charge in [0.2, 0.25) is 0 Å². The maximum absolute atomic E-state index is 11.3. The standard InChI is InChI=1S/C12H16O4S/c1-9(15-7-11-8-16-11)10-3-5-12(6-4-10)17(2,13)14/h3-6,9,11H,7-8H2,1-2H3/t9-,11+/m0/s1. The molecule has 17 heavy (non-hydrogen) atoms. The molecule has 0 bridgehead atoms. The van der Waals surface area contributed by atoms with E-state index in [9.17, 15) is 8.42 Å². The Morgan fingerprint density at radius 3 is 2.47 bits per heavy atom. The number of sulfone groups is 1. The van der Waals surface area contributed by atoms with Gasteiger partial charge in [-0.15, -0.1) is 0 Å². The van der Waals surface area contributed by atoms with Crippen LogP contribution >= 0.6 is 0 Å². The molecule has 94 valence electrons. The Balaban J connectivity index is 2.00. The molecule has 1 fully saturated rings. The minimum absolute atomic E-state index is 0.0483. The number of rotatable bonds is 5. The van der Waals surface area contributed by atoms with Crippen LogP contribution in [0.2, 0.25) is 0 Å². The number of hydrogen-bond acceptors (Lipinski definition) is 4. The monoisotopic (exact) mass is 256 g/mol. The third-order valence-corrected chi connectivity index (χ3v) is 3.84. The van der Waals surface area contributed by atoms with Gasteiger partial charge in [0.1, 0.15) is 6.10 Å². The lowest BCUT2D eigenvalue weighted by atomic mass is 10.1. The summed E-state index contributed by atoms with van der Waals surface area (Å²) in [5, 5.41) is 0. The van der Waals surface area contributed by atoms with Crippen molar-refractivity contribution in [1.82, 2.24) is 0 Å². The maximum atomic E-state index is 11.3. The number of hydrogen-bond donors (Lipinski definition) is 0. The first-order valence-electron chi connectivity index (χ1n) is 5.50. The zero-order chi connectivity index (χ0) is 12.5. The predicted molar refractivity (Wildman–Crippen MR) is 63.7 cm³/mol. The highest BCUT2D eigenvalue weighted by atomic mass is 32.2. The molecule has 1 heterocycles. The lowest BCUT2D eigenvalue weighted by Crippen LogP contribution is -2.06. The molecule has 0 radical (unpaired) electrons. The second-order valence-electron chi connectivity index (χ2n) is 4.27. The number of ether oxygens (including phenoxy) is 2. The molecule has 0 saturated carbocycles. The van der Waals surface area contributed by atoms with Crippen molar-refractivity contribution in [2.45, 2.75) is 24.0 Å². The quantitative estimate of drug-likeness (QED) is 0.750. The molecule has 0 amide bonds. The van der Waals surface area contributed by atoms with Crippen LogP contribution in [-0.2, 0) is 19.3 Å². The lowest BCUT2D eigenvalue weighted by molar-refractivity contribution is 0.0539. The van der Waals surface area contributed by atoms with Crippen molar-refractivity contribution in [2.75, 3.05) is 19.5 Å². The van der Waals surface area contributed by atoms with Gasteiger partial charge < -0.3 is 9.47 Å². The van der Waals surface area contributed by atoms with Gasteiger partial charge in [-0.2, -0.15) is 0 Å². The fourth-order valence-corrected chi connectivity index (χ4v) is 2.13. The topological polar surface area (TPSA) is 55.9 Å². The predicted octanol–water partition coefficient (Wildman–Crippen LogP) is 1.57. The molecule has 0 aromatic heterocycles. The van der Waals surface area contributed by atoms with Gasteiger partial charge in [0, 0.05) is 6.26 Å². The molecular formula is C12H16O4S. The van der Waals surface area contributed by atoms with Crippen molar-refractivity contribution < 1.29 is 17.9 Å². The molecule has 2 rings (SSSR count). The molecule has 1 aliphatic heterocycles. The van der Waals surface area contributed by atoms with E-state index >= 15 is 0 Å². The van der Waals surface area contributed by atoms with Crippen LogP contribution in [-0.4, -0.2) is 34.0 Å². The van der Waals surface area contributed by atoms with Gasteiger partial charge >= 0.3 is 0 Å². The smallest absolute Gasteiger partial charge is 0.175 e. The van der Waals surface area contributed by atoms with Crippen LogP contribution in [0.25, 0.3) is 0 Å². The highest BCUT2D eigenvalue weighted by molar-refractivity contribution is 7.90. The molecule has 0 N–H and O–H groups in total. The van der Waals surface area contributed by atoms with E-state index in [1.807, 2.05) is 6.92 Å². The van der Waals surface area contributed by atoms with E-state index in [0.717, 1.165) is 12.2 Å². The van der Waals surface area contributed by atoms with Gasteiger partial charge in [-0.1, -0.05) is 12.1 Å². The number of benzene rings is 1. The zero-order valence-electron chi connectivity index (χ0n) is 9.92. The molecular weight excluding hydrogens is 240 g/mol. The average Bonchev–Trinajstić information content (AvgIpc) is 3.09. The summed E-state index contributed by atoms with van der Waals surface area (Å²) in [6, 6.07) is 6.79. The summed E-state index contributed by atoms with van der Waals surface area (Å²) in [6.07, 6.45) is 1.40. The third kappa shape index (κ3) is 3.52. The summed E-state index contributed by atoms with van der Waals surface area (Å²) in [7, 11) is -3.12. The summed E-state index contributed by atoms with van der Waals surface area (Å²) in [6.45, 7) is 3.31. The van der Waals surface area contributed by atoms with E-state index in [-0.39, 0.29) is 12.2 Å². The fourth-order valence-electron chi connectivity index (χ4n) is 1.50. The summed E-state index contributed by atoms with van der Waals surface area (Å²) >= 11 is 0. The van der Waals surface area contributed by atoms with Crippen molar-refractivity contribution in [1.29, 1.82) is 0 Å². The van der Waals surface area contributed by atoms with E-state index in [1.54, 1.807) is 24.3 Å². The highest BCUT2D eigenvalue weighted by Crippen LogP contribution is 2.21. The van der Waals surface area contributed by atoms with E-state index in [1.165, 1.54) is 6.26 Å². The van der Waals surface area contributed by atoms with Crippen molar-refractivity contribution in [2.24, 2.45) is 0 Å². The first-order valence-corrected chi connectivity index (χ1v) is 7.39. The molecule has 1 aromatic carbocycles. The lowest BCUT2D eigenvalue weighted by Gasteiger charge is -2.12. The molecule has 0 aliphatic carbocycles. The van der Waals surface area contributed by atoms with Crippen LogP contribution in [0.4, 0.5) is 0 Å². The normalized spacial score (nSPS) is 21.2. The largest absolute Gasteiger partial charge is 0.371 e. The molecule has 1 aliphatic rings. The maximum Gasteiger partial charge on any atom is 0.175 e. The van der Waals surface area contributed by atoms with E-state index < -0.39 is 9.84 Å². The number of epoxide rings is 1. The SMILES string of the molecule is C[C@H](OC[C@@H]1CO1)c1ccc(S(C)(=O)=O)cc1. The summed E-state index contributed by atoms with van der Waals surface area (Å²) in [5.74, 6) is 0. The molecule has 0 spiro atoms. The molecule has 2 atom stereocenters. The van der Waals surface area contributed by atoms with Gasteiger partial charge in [-0.3, -0.25) is 0 Å². The first-order chi connectivity index (χ1) is 7.97. The summed E-state index contributed by atoms with van der Waals surface area (Å²) in [4.78, 5) is 0.332. The first kappa shape index (κ1) is 12.5. The van der Waals surface area contributed by atoms with Crippen LogP contribution in [0.3, 0.4) is 0 Å². The zero-order valence-corrected chi connectivity index (χ0v) is 10.7. The van der Waals surface area contributed by atoms with Crippen LogP contribution in [0.5, 0.6) is 0 Å². The van der Waals surface area contributed by atoms with Gasteiger partial charge in [0.25, 0.3) is 0 Å². The summed E-state index contributed by atoms with van der Waals surface area (Å²) < 4.78 is 33.2. The molecule has 4 nitrogen and oxygen atoms in total. The summed E-state index contributed by atoms with van der Waals surface area (Å²) in [5.41, 5.74) is 0.970. The van der Waals surface area contributed by atoms with Gasteiger partial charge in [0.05, 0.1) is 24.2 Å². The van der Waals surface area contributed by atoms with E-state index in [0.29, 0.717) is 11.5 Å². The second kappa shape index (κ2) is 4.76. The third-order valence-electron chi connectivity index (χ3n) is 2.71. The van der Waals surface area contributed by atoms with E-state index in [2.05, 4.69) is 0 Å². The Morgan fingerprint density at radius 1 is 1.41 bits per heavy atom. The van der Waals surface area contributed by atoms with E-state index in [4.69, 9.17) is 9.47 Å². The van der Waals surface area contributed by atoms with Crippen LogP contribution < -0.4 is 0 Å². The Kier molecular flexibility index (Phi) is 3.51. The minimum atomic E-state index is -3.12. The molecule has 0 unspecified atom stereocenters. The van der Waals surface area contributed by atoms with Crippen LogP contribution in [0.15, 0.2) is 29.2 Å². The van der Waals surface area contributed by atoms with Crippen molar-refractivity contribution in [3.8, 4) is 0 Å². The Labute approximate surface area is 101 Å². The average molecular weight is 256 g/mol. The minimum Gasteiger partial charge on any atom is -0.371 e. The Bertz CT molecular complexity index is 474. The molecule has 1 aromatic rings. The van der Waals surface area contributed by atoms with Crippen molar-refractivity contribution in [3.05, 3.63) is 29.8 Å². The molecule has 1 saturated heterocycles. The van der Waals surface area contributed by atoms with Crippen LogP contribution in [0, 0.1) is 0 Å². The Hall–Kier alpha value is -0.910. The highest BCUT2D eigenvalue weighted by Gasteiger charge is 2.23. The van der Waals surface area contributed by atoms with Crippen molar-refractivity contribution in [3.63, 3.8) is 0 Å². The van der Waals surface area contributed by atoms with Gasteiger partial charge in [-0.25, -0.2) is 8.42 Å². The van der Waals surface area contributed by atoms with Crippen LogP contribution in [0.1, 0.15) is 18.6 Å². The second-order valence-corrected chi connectivity index (χ2v) is 6.29. The molecule has 5 heteroatoms. The Morgan fingerprint density at radius 2 is 2.00 bits per heavy atom. The fraction of sp³-hybridized carbons (Fsp3) is 0.500. The van der Waals surface area contributed by atoms with Crippen molar-refractivity contribution >= 4 is 9.84 Å². The van der Waals surface area contributed by atoms with Gasteiger partial charge in [-0.05, 0) is 24.6 Å².